The van der Waals surface area contributed by atoms with E-state index < -0.39 is 33.5 Å². The van der Waals surface area contributed by atoms with Crippen LogP contribution in [0.15, 0.2) is 30.6 Å². The summed E-state index contributed by atoms with van der Waals surface area (Å²) in [5.41, 5.74) is -1.64. The minimum Gasteiger partial charge on any atom is -0.464 e. The maximum absolute atomic E-state index is 12.9. The van der Waals surface area contributed by atoms with Gasteiger partial charge in [-0.3, -0.25) is 4.31 Å². The molecule has 0 spiro atoms. The highest BCUT2D eigenvalue weighted by Crippen LogP contribution is 2.33. The standard InChI is InChI=1S/C15H13ClF3N3O4S/c1-22(13-12(14(23)26-2)20-5-6-21-13)27(24,25)8-9-7-10(15(17,18)19)3-4-11(9)16/h3-7H,8H2,1-2H3. The first kappa shape index (κ1) is 20.9. The van der Waals surface area contributed by atoms with E-state index in [4.69, 9.17) is 11.6 Å². The van der Waals surface area contributed by atoms with Crippen LogP contribution in [0.3, 0.4) is 0 Å². The van der Waals surface area contributed by atoms with E-state index in [1.165, 1.54) is 6.20 Å². The molecule has 2 rings (SSSR count). The van der Waals surface area contributed by atoms with E-state index in [0.717, 1.165) is 32.5 Å². The van der Waals surface area contributed by atoms with E-state index >= 15 is 0 Å². The number of rotatable bonds is 5. The van der Waals surface area contributed by atoms with Crippen LogP contribution >= 0.6 is 11.6 Å². The molecule has 0 saturated heterocycles. The molecule has 0 radical (unpaired) electrons. The lowest BCUT2D eigenvalue weighted by Gasteiger charge is -2.20. The SMILES string of the molecule is COC(=O)c1nccnc1N(C)S(=O)(=O)Cc1cc(C(F)(F)F)ccc1Cl. The summed E-state index contributed by atoms with van der Waals surface area (Å²) >= 11 is 5.85. The average molecular weight is 424 g/mol. The molecule has 2 aromatic rings. The summed E-state index contributed by atoms with van der Waals surface area (Å²) in [7, 11) is -2.07. The van der Waals surface area contributed by atoms with Gasteiger partial charge in [-0.1, -0.05) is 11.6 Å². The Morgan fingerprint density at radius 1 is 1.26 bits per heavy atom. The second-order valence-corrected chi connectivity index (χ2v) is 7.66. The van der Waals surface area contributed by atoms with E-state index in [1.54, 1.807) is 0 Å². The number of methoxy groups -OCH3 is 1. The van der Waals surface area contributed by atoms with Gasteiger partial charge in [0.05, 0.1) is 18.4 Å². The number of alkyl halides is 3. The van der Waals surface area contributed by atoms with Gasteiger partial charge in [-0.2, -0.15) is 13.2 Å². The molecule has 0 amide bonds. The molecule has 0 fully saturated rings. The van der Waals surface area contributed by atoms with Crippen molar-refractivity contribution in [3.63, 3.8) is 0 Å². The maximum Gasteiger partial charge on any atom is 0.416 e. The first-order chi connectivity index (χ1) is 12.5. The van der Waals surface area contributed by atoms with Crippen molar-refractivity contribution in [3.8, 4) is 0 Å². The monoisotopic (exact) mass is 423 g/mol. The predicted molar refractivity (Wildman–Crippen MR) is 90.9 cm³/mol. The van der Waals surface area contributed by atoms with Gasteiger partial charge in [-0.25, -0.2) is 23.2 Å². The van der Waals surface area contributed by atoms with Crippen LogP contribution in [0.25, 0.3) is 0 Å². The van der Waals surface area contributed by atoms with Gasteiger partial charge < -0.3 is 4.74 Å². The quantitative estimate of drug-likeness (QED) is 0.687. The van der Waals surface area contributed by atoms with Crippen molar-refractivity contribution in [2.24, 2.45) is 0 Å². The molecule has 1 aromatic carbocycles. The molecule has 0 N–H and O–H groups in total. The van der Waals surface area contributed by atoms with Gasteiger partial charge in [0.1, 0.15) is 0 Å². The molecule has 146 valence electrons. The van der Waals surface area contributed by atoms with Gasteiger partial charge in [-0.05, 0) is 23.8 Å². The third-order valence-corrected chi connectivity index (χ3v) is 5.54. The molecule has 0 atom stereocenters. The Bertz CT molecular complexity index is 967. The van der Waals surface area contributed by atoms with Crippen LogP contribution in [0, 0.1) is 0 Å². The predicted octanol–water partition coefficient (Wildman–Crippen LogP) is 2.90. The highest BCUT2D eigenvalue weighted by atomic mass is 35.5. The minimum atomic E-state index is -4.65. The smallest absolute Gasteiger partial charge is 0.416 e. The van der Waals surface area contributed by atoms with Gasteiger partial charge in [0.25, 0.3) is 0 Å². The minimum absolute atomic E-state index is 0.146. The number of hydrogen-bond acceptors (Lipinski definition) is 6. The number of carbonyl (C=O) groups excluding carboxylic acids is 1. The summed E-state index contributed by atoms with van der Waals surface area (Å²) < 4.78 is 69.0. The second-order valence-electron chi connectivity index (χ2n) is 5.25. The van der Waals surface area contributed by atoms with E-state index in [2.05, 4.69) is 14.7 Å². The summed E-state index contributed by atoms with van der Waals surface area (Å²) in [5.74, 6) is -2.09. The van der Waals surface area contributed by atoms with Crippen LogP contribution in [0.5, 0.6) is 0 Å². The highest BCUT2D eigenvalue weighted by Gasteiger charge is 2.32. The number of esters is 1. The molecule has 0 bridgehead atoms. The van der Waals surface area contributed by atoms with Crippen molar-refractivity contribution >= 4 is 33.4 Å². The second kappa shape index (κ2) is 7.69. The van der Waals surface area contributed by atoms with Crippen molar-refractivity contribution in [1.82, 2.24) is 9.97 Å². The lowest BCUT2D eigenvalue weighted by Crippen LogP contribution is -2.31. The molecule has 12 heteroatoms. The molecule has 0 aliphatic carbocycles. The van der Waals surface area contributed by atoms with Crippen molar-refractivity contribution in [1.29, 1.82) is 0 Å². The molecular weight excluding hydrogens is 411 g/mol. The Kier molecular flexibility index (Phi) is 5.95. The summed E-state index contributed by atoms with van der Waals surface area (Å²) in [6, 6.07) is 2.38. The number of hydrogen-bond donors (Lipinski definition) is 0. The van der Waals surface area contributed by atoms with Crippen molar-refractivity contribution in [3.05, 3.63) is 52.4 Å². The lowest BCUT2D eigenvalue weighted by molar-refractivity contribution is -0.137. The van der Waals surface area contributed by atoms with Gasteiger partial charge in [0, 0.05) is 24.5 Å². The molecule has 0 aliphatic rings. The fourth-order valence-electron chi connectivity index (χ4n) is 2.09. The number of nitrogens with zero attached hydrogens (tertiary/aromatic N) is 3. The van der Waals surface area contributed by atoms with Crippen LogP contribution in [-0.4, -0.2) is 38.5 Å². The topological polar surface area (TPSA) is 89.5 Å². The molecule has 0 unspecified atom stereocenters. The van der Waals surface area contributed by atoms with Crippen molar-refractivity contribution in [2.45, 2.75) is 11.9 Å². The molecule has 0 saturated carbocycles. The lowest BCUT2D eigenvalue weighted by atomic mass is 10.1. The summed E-state index contributed by atoms with van der Waals surface area (Å²) in [5, 5.41) is -0.146. The van der Waals surface area contributed by atoms with Crippen molar-refractivity contribution < 1.29 is 31.1 Å². The van der Waals surface area contributed by atoms with Gasteiger partial charge in [-0.15, -0.1) is 0 Å². The Morgan fingerprint density at radius 3 is 2.48 bits per heavy atom. The number of anilines is 1. The zero-order valence-electron chi connectivity index (χ0n) is 14.0. The number of carbonyl (C=O) groups is 1. The summed E-state index contributed by atoms with van der Waals surface area (Å²) in [6.07, 6.45) is -2.33. The van der Waals surface area contributed by atoms with Crippen LogP contribution in [0.2, 0.25) is 5.02 Å². The third-order valence-electron chi connectivity index (χ3n) is 3.48. The van der Waals surface area contributed by atoms with E-state index in [1.807, 2.05) is 0 Å². The van der Waals surface area contributed by atoms with Crippen LogP contribution < -0.4 is 4.31 Å². The Balaban J connectivity index is 2.42. The molecule has 1 aromatic heterocycles. The summed E-state index contributed by atoms with van der Waals surface area (Å²) in [4.78, 5) is 19.3. The van der Waals surface area contributed by atoms with E-state index in [0.29, 0.717) is 10.4 Å². The highest BCUT2D eigenvalue weighted by molar-refractivity contribution is 7.92. The Labute approximate surface area is 157 Å². The third kappa shape index (κ3) is 4.66. The number of ether oxygens (including phenoxy) is 1. The van der Waals surface area contributed by atoms with E-state index in [9.17, 15) is 26.4 Å². The zero-order chi connectivity index (χ0) is 20.4. The van der Waals surface area contributed by atoms with Crippen LogP contribution in [-0.2, 0) is 26.7 Å². The fourth-order valence-corrected chi connectivity index (χ4v) is 3.57. The largest absolute Gasteiger partial charge is 0.464 e. The van der Waals surface area contributed by atoms with Gasteiger partial charge in [0.2, 0.25) is 10.0 Å². The first-order valence-electron chi connectivity index (χ1n) is 7.19. The molecule has 1 heterocycles. The molecule has 7 nitrogen and oxygen atoms in total. The zero-order valence-corrected chi connectivity index (χ0v) is 15.6. The van der Waals surface area contributed by atoms with Crippen molar-refractivity contribution in [2.75, 3.05) is 18.5 Å². The molecule has 0 aliphatic heterocycles. The maximum atomic E-state index is 12.9. The normalized spacial score (nSPS) is 11.9. The number of halogens is 4. The Hall–Kier alpha value is -2.40. The van der Waals surface area contributed by atoms with Gasteiger partial charge in [0.15, 0.2) is 11.5 Å². The Morgan fingerprint density at radius 2 is 1.89 bits per heavy atom. The molecule has 27 heavy (non-hydrogen) atoms. The first-order valence-corrected chi connectivity index (χ1v) is 9.17. The van der Waals surface area contributed by atoms with Crippen LogP contribution in [0.1, 0.15) is 21.6 Å². The number of benzene rings is 1. The van der Waals surface area contributed by atoms with Crippen LogP contribution in [0.4, 0.5) is 19.0 Å². The number of aromatic nitrogens is 2. The number of sulfonamides is 1. The van der Waals surface area contributed by atoms with Gasteiger partial charge >= 0.3 is 12.1 Å². The van der Waals surface area contributed by atoms with E-state index in [-0.39, 0.29) is 22.1 Å². The molecular formula is C15H13ClF3N3O4S. The average Bonchev–Trinajstić information content (AvgIpc) is 2.61. The fraction of sp³-hybridized carbons (Fsp3) is 0.267. The summed E-state index contributed by atoms with van der Waals surface area (Å²) in [6.45, 7) is 0.